The van der Waals surface area contributed by atoms with Gasteiger partial charge in [-0.25, -0.2) is 4.79 Å². The molecule has 0 spiro atoms. The molecule has 78 valence electrons. The topological polar surface area (TPSA) is 64.3 Å². The molecule has 0 aliphatic rings. The van der Waals surface area contributed by atoms with Crippen LogP contribution in [0.2, 0.25) is 0 Å². The van der Waals surface area contributed by atoms with E-state index in [9.17, 15) is 9.90 Å². The first-order chi connectivity index (χ1) is 6.49. The molecule has 0 aromatic carbocycles. The highest BCUT2D eigenvalue weighted by Crippen LogP contribution is 2.21. The lowest BCUT2D eigenvalue weighted by Crippen LogP contribution is -2.15. The molecule has 5 heteroatoms. The molecule has 0 fully saturated rings. The zero-order chi connectivity index (χ0) is 10.9. The fourth-order valence-corrected chi connectivity index (χ4v) is 1.42. The number of rotatable bonds is 2. The van der Waals surface area contributed by atoms with Gasteiger partial charge in [0, 0.05) is 18.3 Å². The van der Waals surface area contributed by atoms with Gasteiger partial charge in [0.2, 0.25) is 0 Å². The number of aliphatic hydroxyl groups excluding tert-OH is 1. The van der Waals surface area contributed by atoms with E-state index in [4.69, 9.17) is 0 Å². The van der Waals surface area contributed by atoms with Gasteiger partial charge in [-0.3, -0.25) is 4.68 Å². The maximum absolute atomic E-state index is 11.1. The van der Waals surface area contributed by atoms with Crippen molar-refractivity contribution in [3.05, 3.63) is 17.0 Å². The van der Waals surface area contributed by atoms with E-state index in [0.29, 0.717) is 11.3 Å². The number of aryl methyl sites for hydroxylation is 2. The number of hydrogen-bond donors (Lipinski definition) is 1. The Labute approximate surface area is 82.3 Å². The van der Waals surface area contributed by atoms with Gasteiger partial charge in [0.1, 0.15) is 0 Å². The number of carbonyl (C=O) groups excluding carboxylic acids is 1. The van der Waals surface area contributed by atoms with Crippen molar-refractivity contribution >= 4 is 5.97 Å². The van der Waals surface area contributed by atoms with Crippen LogP contribution in [0.25, 0.3) is 0 Å². The van der Waals surface area contributed by atoms with E-state index in [2.05, 4.69) is 9.84 Å². The van der Waals surface area contributed by atoms with E-state index in [0.717, 1.165) is 5.69 Å². The summed E-state index contributed by atoms with van der Waals surface area (Å²) in [7, 11) is 3.00. The Morgan fingerprint density at radius 3 is 2.50 bits per heavy atom. The fraction of sp³-hybridized carbons (Fsp3) is 0.556. The van der Waals surface area contributed by atoms with Crippen molar-refractivity contribution in [1.82, 2.24) is 9.78 Å². The van der Waals surface area contributed by atoms with Gasteiger partial charge in [0.15, 0.2) is 6.10 Å². The molecule has 1 heterocycles. The quantitative estimate of drug-likeness (QED) is 0.691. The van der Waals surface area contributed by atoms with Crippen LogP contribution in [0.3, 0.4) is 0 Å². The van der Waals surface area contributed by atoms with Crippen LogP contribution < -0.4 is 0 Å². The Hall–Kier alpha value is -1.36. The van der Waals surface area contributed by atoms with E-state index < -0.39 is 12.1 Å². The van der Waals surface area contributed by atoms with Crippen molar-refractivity contribution in [2.24, 2.45) is 7.05 Å². The van der Waals surface area contributed by atoms with Crippen molar-refractivity contribution in [3.8, 4) is 0 Å². The molecule has 1 aromatic rings. The highest BCUT2D eigenvalue weighted by atomic mass is 16.5. The van der Waals surface area contributed by atoms with E-state index in [1.54, 1.807) is 25.6 Å². The summed E-state index contributed by atoms with van der Waals surface area (Å²) >= 11 is 0. The highest BCUT2D eigenvalue weighted by Gasteiger charge is 2.24. The first kappa shape index (κ1) is 10.7. The minimum absolute atomic E-state index is 0.527. The molecular formula is C9H14N2O3. The van der Waals surface area contributed by atoms with Gasteiger partial charge < -0.3 is 9.84 Å². The lowest BCUT2D eigenvalue weighted by atomic mass is 10.1. The summed E-state index contributed by atoms with van der Waals surface area (Å²) in [5, 5.41) is 13.7. The first-order valence-corrected chi connectivity index (χ1v) is 4.25. The molecule has 0 bridgehead atoms. The van der Waals surface area contributed by atoms with Gasteiger partial charge in [-0.15, -0.1) is 0 Å². The van der Waals surface area contributed by atoms with E-state index in [1.165, 1.54) is 7.11 Å². The highest BCUT2D eigenvalue weighted by molar-refractivity contribution is 5.76. The van der Waals surface area contributed by atoms with Crippen LogP contribution in [-0.4, -0.2) is 28.0 Å². The SMILES string of the molecule is COC(=O)[C@H](O)c1c(C)nn(C)c1C. The Morgan fingerprint density at radius 1 is 1.57 bits per heavy atom. The number of carbonyl (C=O) groups is 1. The summed E-state index contributed by atoms with van der Waals surface area (Å²) < 4.78 is 6.08. The lowest BCUT2D eigenvalue weighted by Gasteiger charge is -2.08. The average molecular weight is 198 g/mol. The number of ether oxygens (including phenoxy) is 1. The summed E-state index contributed by atoms with van der Waals surface area (Å²) in [6.45, 7) is 3.54. The molecule has 1 atom stereocenters. The second-order valence-electron chi connectivity index (χ2n) is 3.13. The monoisotopic (exact) mass is 198 g/mol. The van der Waals surface area contributed by atoms with Crippen LogP contribution >= 0.6 is 0 Å². The minimum atomic E-state index is -1.24. The van der Waals surface area contributed by atoms with Crippen LogP contribution in [0.15, 0.2) is 0 Å². The molecule has 0 unspecified atom stereocenters. The number of hydrogen-bond acceptors (Lipinski definition) is 4. The molecule has 1 N–H and O–H groups in total. The van der Waals surface area contributed by atoms with E-state index >= 15 is 0 Å². The Balaban J connectivity index is 3.12. The third-order valence-electron chi connectivity index (χ3n) is 2.26. The Kier molecular flexibility index (Phi) is 2.90. The second-order valence-corrected chi connectivity index (χ2v) is 3.13. The Bertz CT molecular complexity index is 357. The standard InChI is InChI=1S/C9H14N2O3/c1-5-7(6(2)11(3)10-5)8(12)9(13)14-4/h8,12H,1-4H3/t8-/m1/s1. The predicted octanol–water partition coefficient (Wildman–Crippen LogP) is 0.243. The largest absolute Gasteiger partial charge is 0.467 e. The van der Waals surface area contributed by atoms with Crippen LogP contribution in [-0.2, 0) is 16.6 Å². The molecule has 0 saturated carbocycles. The fourth-order valence-electron chi connectivity index (χ4n) is 1.42. The molecule has 5 nitrogen and oxygen atoms in total. The maximum Gasteiger partial charge on any atom is 0.339 e. The third kappa shape index (κ3) is 1.63. The van der Waals surface area contributed by atoms with Crippen LogP contribution in [0.1, 0.15) is 23.1 Å². The smallest absolute Gasteiger partial charge is 0.339 e. The lowest BCUT2D eigenvalue weighted by molar-refractivity contribution is -0.150. The van der Waals surface area contributed by atoms with Gasteiger partial charge in [0.25, 0.3) is 0 Å². The molecular weight excluding hydrogens is 184 g/mol. The van der Waals surface area contributed by atoms with Gasteiger partial charge in [-0.1, -0.05) is 0 Å². The van der Waals surface area contributed by atoms with Crippen LogP contribution in [0, 0.1) is 13.8 Å². The zero-order valence-corrected chi connectivity index (χ0v) is 8.74. The van der Waals surface area contributed by atoms with E-state index in [-0.39, 0.29) is 0 Å². The molecule has 1 rings (SSSR count). The van der Waals surface area contributed by atoms with Crippen LogP contribution in [0.5, 0.6) is 0 Å². The number of aromatic nitrogens is 2. The second kappa shape index (κ2) is 3.79. The van der Waals surface area contributed by atoms with Gasteiger partial charge in [0.05, 0.1) is 12.8 Å². The maximum atomic E-state index is 11.1. The summed E-state index contributed by atoms with van der Waals surface area (Å²) in [5.74, 6) is -0.663. The molecule has 0 saturated heterocycles. The van der Waals surface area contributed by atoms with E-state index in [1.807, 2.05) is 0 Å². The van der Waals surface area contributed by atoms with Gasteiger partial charge in [-0.2, -0.15) is 5.10 Å². The van der Waals surface area contributed by atoms with Crippen molar-refractivity contribution < 1.29 is 14.6 Å². The van der Waals surface area contributed by atoms with Crippen molar-refractivity contribution in [2.45, 2.75) is 20.0 Å². The molecule has 0 aliphatic heterocycles. The molecule has 0 radical (unpaired) electrons. The zero-order valence-electron chi connectivity index (χ0n) is 8.74. The Morgan fingerprint density at radius 2 is 2.14 bits per heavy atom. The summed E-state index contributed by atoms with van der Waals surface area (Å²) in [6.07, 6.45) is -1.24. The normalized spacial score (nSPS) is 12.6. The first-order valence-electron chi connectivity index (χ1n) is 4.25. The summed E-state index contributed by atoms with van der Waals surface area (Å²) in [4.78, 5) is 11.1. The molecule has 0 amide bonds. The minimum Gasteiger partial charge on any atom is -0.467 e. The molecule has 14 heavy (non-hydrogen) atoms. The predicted molar refractivity (Wildman–Crippen MR) is 49.7 cm³/mol. The summed E-state index contributed by atoms with van der Waals surface area (Å²) in [5.41, 5.74) is 1.93. The van der Waals surface area contributed by atoms with Crippen molar-refractivity contribution in [3.63, 3.8) is 0 Å². The number of esters is 1. The van der Waals surface area contributed by atoms with Gasteiger partial charge >= 0.3 is 5.97 Å². The summed E-state index contributed by atoms with van der Waals surface area (Å²) in [6, 6.07) is 0. The number of methoxy groups -OCH3 is 1. The number of nitrogens with zero attached hydrogens (tertiary/aromatic N) is 2. The van der Waals surface area contributed by atoms with Crippen molar-refractivity contribution in [2.75, 3.05) is 7.11 Å². The molecule has 0 aliphatic carbocycles. The third-order valence-corrected chi connectivity index (χ3v) is 2.26. The number of aliphatic hydroxyl groups is 1. The van der Waals surface area contributed by atoms with Crippen LogP contribution in [0.4, 0.5) is 0 Å². The average Bonchev–Trinajstić information content (AvgIpc) is 2.39. The van der Waals surface area contributed by atoms with Gasteiger partial charge in [-0.05, 0) is 13.8 Å². The molecule has 1 aromatic heterocycles. The van der Waals surface area contributed by atoms with Crippen molar-refractivity contribution in [1.29, 1.82) is 0 Å².